The van der Waals surface area contributed by atoms with E-state index in [2.05, 4.69) is 15.1 Å². The van der Waals surface area contributed by atoms with Gasteiger partial charge in [-0.15, -0.1) is 11.3 Å². The number of likely N-dealkylation sites (tertiary alicyclic amines) is 1. The number of imidazole rings is 1. The van der Waals surface area contributed by atoms with Gasteiger partial charge in [-0.2, -0.15) is 9.61 Å². The maximum Gasteiger partial charge on any atom is 0.326 e. The summed E-state index contributed by atoms with van der Waals surface area (Å²) in [7, 11) is 0. The second-order valence-corrected chi connectivity index (χ2v) is 9.78. The standard InChI is InChI=1S/C23H23N7O3S/c31-21-16(27-23(33)28-21)10-13-12-24-30-19(25-14-4-5-14)11-15(26-20(13)30)17-6-7-18(34-17)22(32)29-8-2-1-3-9-29/h6-7,10-12,14,31H,1-5,8-9H2,(H2,27,28,33)/b13-10+,25-19?. The fourth-order valence-corrected chi connectivity index (χ4v) is 5.10. The van der Waals surface area contributed by atoms with Gasteiger partial charge < -0.3 is 15.0 Å². The molecular weight excluding hydrogens is 454 g/mol. The second kappa shape index (κ2) is 8.24. The molecule has 4 aromatic rings. The van der Waals surface area contributed by atoms with Gasteiger partial charge in [0.05, 0.1) is 27.7 Å². The molecule has 174 valence electrons. The molecule has 2 aliphatic rings. The largest absolute Gasteiger partial charge is 0.493 e. The van der Waals surface area contributed by atoms with E-state index in [0.717, 1.165) is 43.6 Å². The number of aromatic amines is 2. The van der Waals surface area contributed by atoms with Crippen LogP contribution in [0.5, 0.6) is 5.88 Å². The highest BCUT2D eigenvalue weighted by molar-refractivity contribution is 7.17. The van der Waals surface area contributed by atoms with Gasteiger partial charge in [-0.3, -0.25) is 14.8 Å². The minimum Gasteiger partial charge on any atom is -0.493 e. The van der Waals surface area contributed by atoms with E-state index in [1.807, 2.05) is 23.1 Å². The number of H-pyrrole nitrogens is 2. The molecule has 1 saturated carbocycles. The first-order valence-electron chi connectivity index (χ1n) is 11.4. The number of fused-ring (bicyclic) bond motifs is 1. The minimum absolute atomic E-state index is 0.0742. The van der Waals surface area contributed by atoms with Crippen LogP contribution in [0, 0.1) is 0 Å². The summed E-state index contributed by atoms with van der Waals surface area (Å²) in [4.78, 5) is 42.5. The van der Waals surface area contributed by atoms with Gasteiger partial charge in [-0.05, 0) is 50.3 Å². The molecule has 1 aliphatic heterocycles. The number of amides is 1. The molecule has 1 amide bonds. The van der Waals surface area contributed by atoms with Crippen molar-refractivity contribution in [3.63, 3.8) is 0 Å². The molecule has 34 heavy (non-hydrogen) atoms. The second-order valence-electron chi connectivity index (χ2n) is 8.70. The van der Waals surface area contributed by atoms with E-state index in [9.17, 15) is 14.7 Å². The number of thiophene rings is 1. The molecule has 10 nitrogen and oxygen atoms in total. The molecule has 0 atom stereocenters. The first-order chi connectivity index (χ1) is 16.5. The average Bonchev–Trinajstić information content (AvgIpc) is 3.22. The van der Waals surface area contributed by atoms with Gasteiger partial charge >= 0.3 is 5.69 Å². The summed E-state index contributed by atoms with van der Waals surface area (Å²) in [5.74, 6) is -0.173. The molecule has 6 rings (SSSR count). The van der Waals surface area contributed by atoms with Crippen molar-refractivity contribution in [2.75, 3.05) is 13.1 Å². The third-order valence-corrected chi connectivity index (χ3v) is 7.19. The summed E-state index contributed by atoms with van der Waals surface area (Å²) < 4.78 is 1.67. The lowest BCUT2D eigenvalue weighted by atomic mass is 10.1. The molecule has 1 saturated heterocycles. The molecule has 1 aliphatic carbocycles. The fourth-order valence-electron chi connectivity index (χ4n) is 4.17. The zero-order valence-corrected chi connectivity index (χ0v) is 19.1. The van der Waals surface area contributed by atoms with Crippen LogP contribution >= 0.6 is 11.3 Å². The lowest BCUT2D eigenvalue weighted by molar-refractivity contribution is 0.0729. The molecule has 0 bridgehead atoms. The highest BCUT2D eigenvalue weighted by Gasteiger charge is 2.22. The van der Waals surface area contributed by atoms with Gasteiger partial charge in [0.25, 0.3) is 5.91 Å². The molecule has 0 spiro atoms. The number of hydrogen-bond donors (Lipinski definition) is 3. The average molecular weight is 478 g/mol. The number of hydrogen-bond acceptors (Lipinski definition) is 7. The van der Waals surface area contributed by atoms with Gasteiger partial charge in [0.15, 0.2) is 11.1 Å². The van der Waals surface area contributed by atoms with Gasteiger partial charge in [0.2, 0.25) is 5.88 Å². The predicted octanol–water partition coefficient (Wildman–Crippen LogP) is 1.42. The number of aromatic hydroxyl groups is 1. The Hall–Kier alpha value is -3.73. The number of aromatic nitrogens is 5. The Morgan fingerprint density at radius 2 is 2.03 bits per heavy atom. The normalized spacial score (nSPS) is 17.7. The first kappa shape index (κ1) is 20.8. The predicted molar refractivity (Wildman–Crippen MR) is 127 cm³/mol. The van der Waals surface area contributed by atoms with Crippen LogP contribution in [0.2, 0.25) is 0 Å². The van der Waals surface area contributed by atoms with Crippen LogP contribution in [-0.4, -0.2) is 59.6 Å². The van der Waals surface area contributed by atoms with Gasteiger partial charge in [-0.1, -0.05) is 0 Å². The fraction of sp³-hybridized carbons (Fsp3) is 0.348. The summed E-state index contributed by atoms with van der Waals surface area (Å²) in [5.41, 5.74) is 1.69. The lowest BCUT2D eigenvalue weighted by Crippen LogP contribution is -2.35. The van der Waals surface area contributed by atoms with Crippen molar-refractivity contribution < 1.29 is 9.90 Å². The van der Waals surface area contributed by atoms with E-state index in [-0.39, 0.29) is 23.5 Å². The third-order valence-electron chi connectivity index (χ3n) is 6.09. The van der Waals surface area contributed by atoms with Crippen LogP contribution in [0.25, 0.3) is 22.3 Å². The first-order valence-corrected chi connectivity index (χ1v) is 12.2. The van der Waals surface area contributed by atoms with Crippen molar-refractivity contribution >= 4 is 29.0 Å². The topological polar surface area (TPSA) is 132 Å². The molecule has 11 heteroatoms. The van der Waals surface area contributed by atoms with E-state index in [0.29, 0.717) is 26.9 Å². The van der Waals surface area contributed by atoms with E-state index < -0.39 is 5.69 Å². The van der Waals surface area contributed by atoms with Crippen molar-refractivity contribution in [1.29, 1.82) is 0 Å². The van der Waals surface area contributed by atoms with Gasteiger partial charge in [0.1, 0.15) is 5.69 Å². The summed E-state index contributed by atoms with van der Waals surface area (Å²) in [6, 6.07) is 5.97. The SMILES string of the molecule is O=C(c1ccc(-c2cc(=NC3CC3)n3nc/c(=C\c4[nH]c(=O)[nH]c4O)c3n2)s1)N1CCCCC1. The summed E-state index contributed by atoms with van der Waals surface area (Å²) in [6.45, 7) is 1.62. The number of nitrogens with one attached hydrogen (secondary N) is 2. The van der Waals surface area contributed by atoms with Crippen LogP contribution in [0.1, 0.15) is 47.5 Å². The Kier molecular flexibility index (Phi) is 5.05. The number of piperidine rings is 1. The zero-order chi connectivity index (χ0) is 23.2. The molecule has 0 radical (unpaired) electrons. The van der Waals surface area contributed by atoms with Crippen LogP contribution in [-0.2, 0) is 0 Å². The Morgan fingerprint density at radius 1 is 1.21 bits per heavy atom. The van der Waals surface area contributed by atoms with E-state index in [1.165, 1.54) is 17.8 Å². The van der Waals surface area contributed by atoms with Crippen LogP contribution < -0.4 is 16.4 Å². The highest BCUT2D eigenvalue weighted by atomic mass is 32.1. The Morgan fingerprint density at radius 3 is 2.76 bits per heavy atom. The number of nitrogens with zero attached hydrogens (tertiary/aromatic N) is 5. The zero-order valence-electron chi connectivity index (χ0n) is 18.3. The third kappa shape index (κ3) is 3.92. The smallest absolute Gasteiger partial charge is 0.326 e. The van der Waals surface area contributed by atoms with Crippen LogP contribution in [0.4, 0.5) is 0 Å². The molecule has 0 unspecified atom stereocenters. The van der Waals surface area contributed by atoms with Gasteiger partial charge in [0, 0.05) is 24.4 Å². The monoisotopic (exact) mass is 477 g/mol. The lowest BCUT2D eigenvalue weighted by Gasteiger charge is -2.26. The van der Waals surface area contributed by atoms with Gasteiger partial charge in [-0.25, -0.2) is 9.78 Å². The molecule has 2 fully saturated rings. The number of carbonyl (C=O) groups is 1. The molecule has 4 aromatic heterocycles. The Labute approximate surface area is 197 Å². The van der Waals surface area contributed by atoms with E-state index in [1.54, 1.807) is 16.8 Å². The minimum atomic E-state index is -0.497. The van der Waals surface area contributed by atoms with Crippen molar-refractivity contribution in [2.45, 2.75) is 38.1 Å². The van der Waals surface area contributed by atoms with Crippen LogP contribution in [0.3, 0.4) is 0 Å². The molecule has 5 heterocycles. The summed E-state index contributed by atoms with van der Waals surface area (Å²) >= 11 is 1.43. The maximum absolute atomic E-state index is 12.9. The summed E-state index contributed by atoms with van der Waals surface area (Å²) in [5, 5.41) is 15.0. The molecule has 3 N–H and O–H groups in total. The molecule has 0 aromatic carbocycles. The number of carbonyl (C=O) groups excluding carboxylic acids is 1. The van der Waals surface area contributed by atoms with Crippen molar-refractivity contribution in [2.24, 2.45) is 4.99 Å². The highest BCUT2D eigenvalue weighted by Crippen LogP contribution is 2.28. The van der Waals surface area contributed by atoms with E-state index in [4.69, 9.17) is 9.98 Å². The Bertz CT molecular complexity index is 1570. The molecular formula is C23H23N7O3S. The summed E-state index contributed by atoms with van der Waals surface area (Å²) in [6.07, 6.45) is 8.62. The number of rotatable bonds is 4. The maximum atomic E-state index is 12.9. The van der Waals surface area contributed by atoms with Crippen LogP contribution in [0.15, 0.2) is 34.2 Å². The van der Waals surface area contributed by atoms with Crippen molar-refractivity contribution in [1.82, 2.24) is 29.5 Å². The quantitative estimate of drug-likeness (QED) is 0.409. The van der Waals surface area contributed by atoms with Crippen molar-refractivity contribution in [3.05, 3.63) is 56.2 Å². The Balaban J connectivity index is 1.45. The van der Waals surface area contributed by atoms with Crippen molar-refractivity contribution in [3.8, 4) is 16.5 Å². The van der Waals surface area contributed by atoms with E-state index >= 15 is 0 Å².